The molecule has 3 rings (SSSR count). The first-order chi connectivity index (χ1) is 11.9. The minimum Gasteiger partial charge on any atom is -0.273 e. The first-order valence-corrected chi connectivity index (χ1v) is 8.57. The maximum Gasteiger partial charge on any atom is 0.243 e. The van der Waals surface area contributed by atoms with Crippen molar-refractivity contribution in [1.82, 2.24) is 10.9 Å². The van der Waals surface area contributed by atoms with Crippen LogP contribution in [-0.4, -0.2) is 11.8 Å². The summed E-state index contributed by atoms with van der Waals surface area (Å²) in [5, 5.41) is 0. The van der Waals surface area contributed by atoms with Crippen molar-refractivity contribution in [3.63, 3.8) is 0 Å². The van der Waals surface area contributed by atoms with Gasteiger partial charge < -0.3 is 0 Å². The summed E-state index contributed by atoms with van der Waals surface area (Å²) in [6.45, 7) is 5.43. The summed E-state index contributed by atoms with van der Waals surface area (Å²) >= 11 is 0. The fraction of sp³-hybridized carbons (Fsp3) is 0.333. The van der Waals surface area contributed by atoms with Crippen molar-refractivity contribution in [3.8, 4) is 0 Å². The predicted molar refractivity (Wildman–Crippen MR) is 97.5 cm³/mol. The molecule has 1 aliphatic carbocycles. The Balaban J connectivity index is 1.81. The molecule has 25 heavy (non-hydrogen) atoms. The van der Waals surface area contributed by atoms with Gasteiger partial charge in [-0.25, -0.2) is 0 Å². The van der Waals surface area contributed by atoms with E-state index in [4.69, 9.17) is 0 Å². The summed E-state index contributed by atoms with van der Waals surface area (Å²) in [5.41, 5.74) is 6.54. The van der Waals surface area contributed by atoms with Crippen LogP contribution in [0.5, 0.6) is 0 Å². The fourth-order valence-corrected chi connectivity index (χ4v) is 3.25. The SMILES string of the molecule is CC(C)(C)C(=O)NNC(=O)[C@@H]1CC1(c1ccccc1)c1ccccc1. The zero-order chi connectivity index (χ0) is 18.1. The second-order valence-corrected chi connectivity index (χ2v) is 7.65. The summed E-state index contributed by atoms with van der Waals surface area (Å²) in [6, 6.07) is 20.2. The predicted octanol–water partition coefficient (Wildman–Crippen LogP) is 3.19. The lowest BCUT2D eigenvalue weighted by molar-refractivity contribution is -0.134. The number of benzene rings is 2. The van der Waals surface area contributed by atoms with Crippen molar-refractivity contribution in [3.05, 3.63) is 71.8 Å². The van der Waals surface area contributed by atoms with Gasteiger partial charge in [0.05, 0.1) is 5.92 Å². The summed E-state index contributed by atoms with van der Waals surface area (Å²) in [5.74, 6) is -0.547. The van der Waals surface area contributed by atoms with Gasteiger partial charge >= 0.3 is 0 Å². The summed E-state index contributed by atoms with van der Waals surface area (Å²) < 4.78 is 0. The van der Waals surface area contributed by atoms with Gasteiger partial charge in [0.2, 0.25) is 11.8 Å². The molecule has 4 nitrogen and oxygen atoms in total. The molecule has 2 aromatic rings. The van der Waals surface area contributed by atoms with E-state index in [1.165, 1.54) is 0 Å². The molecule has 0 radical (unpaired) electrons. The molecule has 1 saturated carbocycles. The lowest BCUT2D eigenvalue weighted by Gasteiger charge is -2.20. The Hall–Kier alpha value is -2.62. The van der Waals surface area contributed by atoms with E-state index >= 15 is 0 Å². The van der Waals surface area contributed by atoms with Crippen molar-refractivity contribution >= 4 is 11.8 Å². The molecular weight excluding hydrogens is 312 g/mol. The molecular formula is C21H24N2O2. The van der Waals surface area contributed by atoms with E-state index in [1.54, 1.807) is 0 Å². The number of nitrogens with one attached hydrogen (secondary N) is 2. The van der Waals surface area contributed by atoms with Gasteiger partial charge in [0.25, 0.3) is 0 Å². The molecule has 0 bridgehead atoms. The van der Waals surface area contributed by atoms with E-state index < -0.39 is 5.41 Å². The Bertz CT molecular complexity index is 724. The van der Waals surface area contributed by atoms with Crippen LogP contribution in [0.3, 0.4) is 0 Å². The number of hydrogen-bond donors (Lipinski definition) is 2. The van der Waals surface area contributed by atoms with E-state index in [9.17, 15) is 9.59 Å². The number of hydrazine groups is 1. The molecule has 0 aromatic heterocycles. The maximum atomic E-state index is 12.7. The topological polar surface area (TPSA) is 58.2 Å². The Morgan fingerprint density at radius 2 is 1.36 bits per heavy atom. The normalized spacial score (nSPS) is 18.3. The Labute approximate surface area is 148 Å². The van der Waals surface area contributed by atoms with E-state index in [0.29, 0.717) is 0 Å². The van der Waals surface area contributed by atoms with Gasteiger partial charge in [-0.05, 0) is 17.5 Å². The van der Waals surface area contributed by atoms with Crippen LogP contribution in [-0.2, 0) is 15.0 Å². The van der Waals surface area contributed by atoms with Crippen LogP contribution < -0.4 is 10.9 Å². The molecule has 0 saturated heterocycles. The molecule has 1 atom stereocenters. The number of rotatable bonds is 3. The Morgan fingerprint density at radius 3 is 1.80 bits per heavy atom. The lowest BCUT2D eigenvalue weighted by Crippen LogP contribution is -2.47. The third kappa shape index (κ3) is 3.29. The van der Waals surface area contributed by atoms with Crippen LogP contribution in [0.2, 0.25) is 0 Å². The van der Waals surface area contributed by atoms with Crippen LogP contribution in [0, 0.1) is 11.3 Å². The summed E-state index contributed by atoms with van der Waals surface area (Å²) in [4.78, 5) is 24.7. The smallest absolute Gasteiger partial charge is 0.243 e. The molecule has 0 aliphatic heterocycles. The number of hydrogen-bond acceptors (Lipinski definition) is 2. The molecule has 130 valence electrons. The zero-order valence-electron chi connectivity index (χ0n) is 14.9. The van der Waals surface area contributed by atoms with Gasteiger partial charge in [-0.1, -0.05) is 81.4 Å². The van der Waals surface area contributed by atoms with Gasteiger partial charge in [0, 0.05) is 10.8 Å². The Morgan fingerprint density at radius 1 is 0.880 bits per heavy atom. The highest BCUT2D eigenvalue weighted by Crippen LogP contribution is 2.58. The van der Waals surface area contributed by atoms with Crippen LogP contribution in [0.1, 0.15) is 38.3 Å². The Kier molecular flexibility index (Phi) is 4.38. The molecule has 0 heterocycles. The third-order valence-electron chi connectivity index (χ3n) is 4.84. The van der Waals surface area contributed by atoms with Crippen molar-refractivity contribution in [2.75, 3.05) is 0 Å². The minimum absolute atomic E-state index is 0.148. The minimum atomic E-state index is -0.549. The van der Waals surface area contributed by atoms with Crippen molar-refractivity contribution in [2.45, 2.75) is 32.6 Å². The average Bonchev–Trinajstić information content (AvgIpc) is 3.37. The van der Waals surface area contributed by atoms with Crippen molar-refractivity contribution < 1.29 is 9.59 Å². The lowest BCUT2D eigenvalue weighted by atomic mass is 9.85. The summed E-state index contributed by atoms with van der Waals surface area (Å²) in [6.07, 6.45) is 0.734. The molecule has 4 heteroatoms. The highest BCUT2D eigenvalue weighted by Gasteiger charge is 2.60. The van der Waals surface area contributed by atoms with Crippen molar-refractivity contribution in [1.29, 1.82) is 0 Å². The van der Waals surface area contributed by atoms with Gasteiger partial charge in [0.15, 0.2) is 0 Å². The van der Waals surface area contributed by atoms with Gasteiger partial charge in [0.1, 0.15) is 0 Å². The molecule has 2 N–H and O–H groups in total. The molecule has 1 aliphatic rings. The quantitative estimate of drug-likeness (QED) is 0.846. The van der Waals surface area contributed by atoms with Crippen LogP contribution in [0.15, 0.2) is 60.7 Å². The largest absolute Gasteiger partial charge is 0.273 e. The number of carbonyl (C=O) groups is 2. The molecule has 0 unspecified atom stereocenters. The van der Waals surface area contributed by atoms with Crippen LogP contribution >= 0.6 is 0 Å². The first kappa shape index (κ1) is 17.2. The fourth-order valence-electron chi connectivity index (χ4n) is 3.25. The van der Waals surface area contributed by atoms with E-state index in [1.807, 2.05) is 57.2 Å². The number of amides is 2. The second kappa shape index (κ2) is 6.36. The average molecular weight is 336 g/mol. The van der Waals surface area contributed by atoms with Gasteiger partial charge in [-0.15, -0.1) is 0 Å². The molecule has 2 amide bonds. The second-order valence-electron chi connectivity index (χ2n) is 7.65. The van der Waals surface area contributed by atoms with Gasteiger partial charge in [-0.2, -0.15) is 0 Å². The van der Waals surface area contributed by atoms with E-state index in [-0.39, 0.29) is 23.1 Å². The van der Waals surface area contributed by atoms with Crippen LogP contribution in [0.25, 0.3) is 0 Å². The summed E-state index contributed by atoms with van der Waals surface area (Å²) in [7, 11) is 0. The highest BCUT2D eigenvalue weighted by molar-refractivity contribution is 5.89. The van der Waals surface area contributed by atoms with Gasteiger partial charge in [-0.3, -0.25) is 20.4 Å². The van der Waals surface area contributed by atoms with Crippen LogP contribution in [0.4, 0.5) is 0 Å². The van der Waals surface area contributed by atoms with E-state index in [0.717, 1.165) is 17.5 Å². The first-order valence-electron chi connectivity index (χ1n) is 8.57. The monoisotopic (exact) mass is 336 g/mol. The molecule has 2 aromatic carbocycles. The highest BCUT2D eigenvalue weighted by atomic mass is 16.2. The third-order valence-corrected chi connectivity index (χ3v) is 4.84. The van der Waals surface area contributed by atoms with Crippen molar-refractivity contribution in [2.24, 2.45) is 11.3 Å². The van der Waals surface area contributed by atoms with E-state index in [2.05, 4.69) is 35.1 Å². The number of carbonyl (C=O) groups excluding carboxylic acids is 2. The maximum absolute atomic E-state index is 12.7. The standard InChI is InChI=1S/C21H24N2O2/c1-20(2,3)19(25)23-22-18(24)17-14-21(17,15-10-6-4-7-11-15)16-12-8-5-9-13-16/h4-13,17H,14H2,1-3H3,(H,22,24)(H,23,25)/t17-/m0/s1. The zero-order valence-corrected chi connectivity index (χ0v) is 14.9. The molecule has 0 spiro atoms. The molecule has 1 fully saturated rings.